The minimum absolute atomic E-state index is 0.603. The third-order valence-electron chi connectivity index (χ3n) is 3.88. The monoisotopic (exact) mass is 246 g/mol. The number of imidazole rings is 1. The average Bonchev–Trinajstić information content (AvgIpc) is 2.68. The Hall–Kier alpha value is -1.09. The molecule has 0 aliphatic heterocycles. The van der Waals surface area contributed by atoms with E-state index in [1.807, 2.05) is 0 Å². The molecule has 3 heteroatoms. The molecule has 0 spiro atoms. The van der Waals surface area contributed by atoms with Crippen molar-refractivity contribution in [1.29, 1.82) is 0 Å². The molecule has 1 saturated carbocycles. The molecule has 2 nitrogen and oxygen atoms in total. The largest absolute Gasteiger partial charge is 0.331 e. The van der Waals surface area contributed by atoms with E-state index in [-0.39, 0.29) is 0 Å². The standard InChI is InChI=1S/C14H18N2S/c1-10-6-5-9-12-13(10)16(14(17)15-12)11-7-3-2-4-8-11/h5-6,9,11H,2-4,7-8H2,1H3,(H,15,17). The Morgan fingerprint density at radius 3 is 2.76 bits per heavy atom. The van der Waals surface area contributed by atoms with Crippen LogP contribution in [0.15, 0.2) is 18.2 Å². The minimum Gasteiger partial charge on any atom is -0.331 e. The van der Waals surface area contributed by atoms with Gasteiger partial charge in [0.15, 0.2) is 4.77 Å². The summed E-state index contributed by atoms with van der Waals surface area (Å²) in [6.45, 7) is 2.17. The number of hydrogen-bond donors (Lipinski definition) is 1. The first-order valence-corrected chi connectivity index (χ1v) is 6.88. The Balaban J connectivity index is 2.20. The predicted molar refractivity (Wildman–Crippen MR) is 74.0 cm³/mol. The number of H-pyrrole nitrogens is 1. The van der Waals surface area contributed by atoms with Crippen molar-refractivity contribution in [1.82, 2.24) is 9.55 Å². The molecule has 0 saturated heterocycles. The van der Waals surface area contributed by atoms with Crippen LogP contribution in [0.4, 0.5) is 0 Å². The highest BCUT2D eigenvalue weighted by molar-refractivity contribution is 7.71. The predicted octanol–water partition coefficient (Wildman–Crippen LogP) is 4.51. The molecule has 1 fully saturated rings. The van der Waals surface area contributed by atoms with Gasteiger partial charge in [-0.1, -0.05) is 31.4 Å². The van der Waals surface area contributed by atoms with Gasteiger partial charge in [-0.2, -0.15) is 0 Å². The first kappa shape index (κ1) is 11.0. The van der Waals surface area contributed by atoms with Gasteiger partial charge in [0.1, 0.15) is 0 Å². The number of hydrogen-bond acceptors (Lipinski definition) is 1. The molecule has 1 N–H and O–H groups in total. The van der Waals surface area contributed by atoms with Crippen molar-refractivity contribution in [3.8, 4) is 0 Å². The molecule has 1 heterocycles. The summed E-state index contributed by atoms with van der Waals surface area (Å²) >= 11 is 5.50. The number of rotatable bonds is 1. The van der Waals surface area contributed by atoms with Crippen LogP contribution in [-0.4, -0.2) is 9.55 Å². The molecule has 3 rings (SSSR count). The Bertz CT molecular complexity index is 588. The highest BCUT2D eigenvalue weighted by Gasteiger charge is 2.19. The zero-order valence-corrected chi connectivity index (χ0v) is 11.0. The summed E-state index contributed by atoms with van der Waals surface area (Å²) in [6, 6.07) is 6.99. The average molecular weight is 246 g/mol. The zero-order chi connectivity index (χ0) is 11.8. The van der Waals surface area contributed by atoms with Crippen LogP contribution in [0.2, 0.25) is 0 Å². The number of fused-ring (bicyclic) bond motifs is 1. The van der Waals surface area contributed by atoms with Gasteiger partial charge in [-0.15, -0.1) is 0 Å². The van der Waals surface area contributed by atoms with Gasteiger partial charge in [-0.25, -0.2) is 0 Å². The fraction of sp³-hybridized carbons (Fsp3) is 0.500. The van der Waals surface area contributed by atoms with E-state index < -0.39 is 0 Å². The lowest BCUT2D eigenvalue weighted by atomic mass is 9.95. The molecule has 2 aromatic rings. The summed E-state index contributed by atoms with van der Waals surface area (Å²) in [6.07, 6.45) is 6.60. The highest BCUT2D eigenvalue weighted by Crippen LogP contribution is 2.32. The van der Waals surface area contributed by atoms with Gasteiger partial charge in [0, 0.05) is 6.04 Å². The van der Waals surface area contributed by atoms with Crippen LogP contribution >= 0.6 is 12.2 Å². The van der Waals surface area contributed by atoms with Crippen LogP contribution in [0.5, 0.6) is 0 Å². The molecule has 0 amide bonds. The number of nitrogens with one attached hydrogen (secondary N) is 1. The van der Waals surface area contributed by atoms with Crippen LogP contribution < -0.4 is 0 Å². The number of aromatic nitrogens is 2. The van der Waals surface area contributed by atoms with E-state index in [1.165, 1.54) is 48.7 Å². The summed E-state index contributed by atoms with van der Waals surface area (Å²) in [4.78, 5) is 3.34. The fourth-order valence-electron chi connectivity index (χ4n) is 3.04. The molecule has 1 aromatic heterocycles. The van der Waals surface area contributed by atoms with E-state index in [9.17, 15) is 0 Å². The maximum atomic E-state index is 5.50. The van der Waals surface area contributed by atoms with Crippen molar-refractivity contribution in [2.24, 2.45) is 0 Å². The maximum Gasteiger partial charge on any atom is 0.178 e. The van der Waals surface area contributed by atoms with Crippen LogP contribution in [-0.2, 0) is 0 Å². The first-order chi connectivity index (χ1) is 8.27. The van der Waals surface area contributed by atoms with Crippen molar-refractivity contribution in [2.75, 3.05) is 0 Å². The molecule has 1 aromatic carbocycles. The second-order valence-corrected chi connectivity index (χ2v) is 5.45. The summed E-state index contributed by atoms with van der Waals surface area (Å²) in [5.41, 5.74) is 3.81. The summed E-state index contributed by atoms with van der Waals surface area (Å²) in [5.74, 6) is 0. The molecule has 90 valence electrons. The number of nitrogens with zero attached hydrogens (tertiary/aromatic N) is 1. The smallest absolute Gasteiger partial charge is 0.178 e. The van der Waals surface area contributed by atoms with E-state index in [0.29, 0.717) is 6.04 Å². The lowest BCUT2D eigenvalue weighted by Gasteiger charge is -2.24. The SMILES string of the molecule is Cc1cccc2[nH]c(=S)n(C3CCCCC3)c12. The van der Waals surface area contributed by atoms with Crippen molar-refractivity contribution in [3.63, 3.8) is 0 Å². The Morgan fingerprint density at radius 1 is 1.24 bits per heavy atom. The van der Waals surface area contributed by atoms with Gasteiger partial charge in [-0.05, 0) is 43.6 Å². The lowest BCUT2D eigenvalue weighted by Crippen LogP contribution is -2.13. The van der Waals surface area contributed by atoms with E-state index in [1.54, 1.807) is 0 Å². The zero-order valence-electron chi connectivity index (χ0n) is 10.2. The fourth-order valence-corrected chi connectivity index (χ4v) is 3.39. The van der Waals surface area contributed by atoms with Gasteiger partial charge >= 0.3 is 0 Å². The van der Waals surface area contributed by atoms with E-state index in [2.05, 4.69) is 34.7 Å². The molecule has 17 heavy (non-hydrogen) atoms. The lowest BCUT2D eigenvalue weighted by molar-refractivity contribution is 0.357. The summed E-state index contributed by atoms with van der Waals surface area (Å²) in [5, 5.41) is 0. The van der Waals surface area contributed by atoms with Gasteiger partial charge in [0.25, 0.3) is 0 Å². The van der Waals surface area contributed by atoms with Crippen LogP contribution in [0.1, 0.15) is 43.7 Å². The van der Waals surface area contributed by atoms with Crippen molar-refractivity contribution in [3.05, 3.63) is 28.5 Å². The molecule has 0 bridgehead atoms. The van der Waals surface area contributed by atoms with Gasteiger partial charge < -0.3 is 9.55 Å². The molecule has 0 radical (unpaired) electrons. The van der Waals surface area contributed by atoms with Gasteiger partial charge in [0.05, 0.1) is 11.0 Å². The number of aryl methyl sites for hydroxylation is 1. The Morgan fingerprint density at radius 2 is 2.00 bits per heavy atom. The Kier molecular flexibility index (Phi) is 2.79. The van der Waals surface area contributed by atoms with Gasteiger partial charge in [0.2, 0.25) is 0 Å². The summed E-state index contributed by atoms with van der Waals surface area (Å²) < 4.78 is 3.25. The highest BCUT2D eigenvalue weighted by atomic mass is 32.1. The normalized spacial score (nSPS) is 17.7. The second kappa shape index (κ2) is 4.30. The van der Waals surface area contributed by atoms with E-state index in [0.717, 1.165) is 4.77 Å². The number of aromatic amines is 1. The molecular formula is C14H18N2S. The third kappa shape index (κ3) is 1.82. The van der Waals surface area contributed by atoms with Crippen molar-refractivity contribution >= 4 is 23.3 Å². The number of para-hydroxylation sites is 1. The van der Waals surface area contributed by atoms with Crippen LogP contribution in [0.3, 0.4) is 0 Å². The summed E-state index contributed by atoms with van der Waals surface area (Å²) in [7, 11) is 0. The molecule has 1 aliphatic carbocycles. The molecule has 0 atom stereocenters. The topological polar surface area (TPSA) is 20.7 Å². The van der Waals surface area contributed by atoms with Crippen LogP contribution in [0, 0.1) is 11.7 Å². The minimum atomic E-state index is 0.603. The van der Waals surface area contributed by atoms with Crippen LogP contribution in [0.25, 0.3) is 11.0 Å². The quantitative estimate of drug-likeness (QED) is 0.734. The molecular weight excluding hydrogens is 228 g/mol. The van der Waals surface area contributed by atoms with E-state index in [4.69, 9.17) is 12.2 Å². The Labute approximate surface area is 107 Å². The van der Waals surface area contributed by atoms with E-state index >= 15 is 0 Å². The molecule has 1 aliphatic rings. The van der Waals surface area contributed by atoms with Crippen molar-refractivity contribution < 1.29 is 0 Å². The van der Waals surface area contributed by atoms with Gasteiger partial charge in [-0.3, -0.25) is 0 Å². The third-order valence-corrected chi connectivity index (χ3v) is 4.18. The number of benzene rings is 1. The molecule has 0 unspecified atom stereocenters. The maximum absolute atomic E-state index is 5.50. The van der Waals surface area contributed by atoms with Crippen molar-refractivity contribution in [2.45, 2.75) is 45.1 Å². The first-order valence-electron chi connectivity index (χ1n) is 6.47. The second-order valence-electron chi connectivity index (χ2n) is 5.06.